The molecule has 0 saturated carbocycles. The second-order valence-corrected chi connectivity index (χ2v) is 4.91. The van der Waals surface area contributed by atoms with Gasteiger partial charge < -0.3 is 10.1 Å². The van der Waals surface area contributed by atoms with E-state index in [4.69, 9.17) is 0 Å². The second kappa shape index (κ2) is 6.99. The number of amides is 1. The molecule has 1 unspecified atom stereocenters. The largest absolute Gasteiger partial charge is 0.467 e. The summed E-state index contributed by atoms with van der Waals surface area (Å²) >= 11 is 0. The van der Waals surface area contributed by atoms with Gasteiger partial charge in [-0.05, 0) is 19.1 Å². The molecule has 0 bridgehead atoms. The van der Waals surface area contributed by atoms with Crippen molar-refractivity contribution in [3.8, 4) is 0 Å². The van der Waals surface area contributed by atoms with Crippen LogP contribution in [0.15, 0.2) is 24.3 Å². The Balaban J connectivity index is 2.18. The molecule has 0 aliphatic carbocycles. The van der Waals surface area contributed by atoms with Gasteiger partial charge >= 0.3 is 5.97 Å². The zero-order valence-corrected chi connectivity index (χ0v) is 12.5. The molecule has 1 aromatic heterocycles. The van der Waals surface area contributed by atoms with E-state index in [-0.39, 0.29) is 12.0 Å². The lowest BCUT2D eigenvalue weighted by Crippen LogP contribution is -2.36. The van der Waals surface area contributed by atoms with E-state index in [2.05, 4.69) is 20.3 Å². The maximum Gasteiger partial charge on any atom is 0.333 e. The third-order valence-corrected chi connectivity index (χ3v) is 3.12. The van der Waals surface area contributed by atoms with E-state index in [0.29, 0.717) is 11.8 Å². The summed E-state index contributed by atoms with van der Waals surface area (Å²) in [5.41, 5.74) is 1.08. The quantitative estimate of drug-likeness (QED) is 0.818. The summed E-state index contributed by atoms with van der Waals surface area (Å²) in [5.74, 6) is -3.14. The fourth-order valence-electron chi connectivity index (χ4n) is 2.06. The minimum Gasteiger partial charge on any atom is -0.467 e. The number of methoxy groups -OCH3 is 1. The van der Waals surface area contributed by atoms with E-state index < -0.39 is 29.6 Å². The van der Waals surface area contributed by atoms with Crippen LogP contribution in [0.25, 0.3) is 0 Å². The van der Waals surface area contributed by atoms with E-state index in [0.717, 1.165) is 24.9 Å². The number of esters is 1. The van der Waals surface area contributed by atoms with Crippen molar-refractivity contribution in [1.29, 1.82) is 0 Å². The van der Waals surface area contributed by atoms with Crippen LogP contribution in [0.4, 0.5) is 8.78 Å². The van der Waals surface area contributed by atoms with Crippen molar-refractivity contribution >= 4 is 11.9 Å². The SMILES string of the molecule is COC(=O)C(NC(=O)Cc1cc(C)[nH]n1)c1ccc(F)cc1F. The minimum atomic E-state index is -1.37. The van der Waals surface area contributed by atoms with E-state index in [1.54, 1.807) is 13.0 Å². The van der Waals surface area contributed by atoms with Gasteiger partial charge in [-0.15, -0.1) is 0 Å². The molecular weight excluding hydrogens is 308 g/mol. The van der Waals surface area contributed by atoms with Crippen LogP contribution >= 0.6 is 0 Å². The highest BCUT2D eigenvalue weighted by atomic mass is 19.1. The van der Waals surface area contributed by atoms with Crippen molar-refractivity contribution in [1.82, 2.24) is 15.5 Å². The number of halogens is 2. The number of ether oxygens (including phenoxy) is 1. The van der Waals surface area contributed by atoms with Crippen LogP contribution in [0, 0.1) is 18.6 Å². The Bertz CT molecular complexity index is 731. The maximum atomic E-state index is 13.9. The van der Waals surface area contributed by atoms with Gasteiger partial charge in [0.1, 0.15) is 11.6 Å². The van der Waals surface area contributed by atoms with Crippen molar-refractivity contribution in [3.63, 3.8) is 0 Å². The molecule has 6 nitrogen and oxygen atoms in total. The molecule has 0 aliphatic heterocycles. The predicted octanol–water partition coefficient (Wildman–Crippen LogP) is 1.57. The van der Waals surface area contributed by atoms with Crippen LogP contribution < -0.4 is 5.32 Å². The van der Waals surface area contributed by atoms with E-state index >= 15 is 0 Å². The topological polar surface area (TPSA) is 84.1 Å². The van der Waals surface area contributed by atoms with Gasteiger partial charge in [-0.3, -0.25) is 9.89 Å². The van der Waals surface area contributed by atoms with Crippen LogP contribution in [0.5, 0.6) is 0 Å². The highest BCUT2D eigenvalue weighted by molar-refractivity contribution is 5.86. The van der Waals surface area contributed by atoms with Gasteiger partial charge in [0.15, 0.2) is 6.04 Å². The molecule has 0 aliphatic rings. The lowest BCUT2D eigenvalue weighted by molar-refractivity contribution is -0.145. The Hall–Kier alpha value is -2.77. The Morgan fingerprint density at radius 1 is 1.35 bits per heavy atom. The van der Waals surface area contributed by atoms with Crippen molar-refractivity contribution in [2.45, 2.75) is 19.4 Å². The first-order chi connectivity index (χ1) is 10.9. The van der Waals surface area contributed by atoms with E-state index in [1.807, 2.05) is 0 Å². The number of hydrogen-bond acceptors (Lipinski definition) is 4. The summed E-state index contributed by atoms with van der Waals surface area (Å²) in [5, 5.41) is 8.96. The van der Waals surface area contributed by atoms with Gasteiger partial charge in [0, 0.05) is 17.3 Å². The molecule has 1 amide bonds. The first-order valence-corrected chi connectivity index (χ1v) is 6.73. The van der Waals surface area contributed by atoms with Crippen molar-refractivity contribution < 1.29 is 23.1 Å². The molecule has 2 N–H and O–H groups in total. The number of nitrogens with zero attached hydrogens (tertiary/aromatic N) is 1. The van der Waals surface area contributed by atoms with Crippen LogP contribution in [-0.2, 0) is 20.7 Å². The molecule has 1 aromatic carbocycles. The summed E-state index contributed by atoms with van der Waals surface area (Å²) in [6, 6.07) is 3.02. The Morgan fingerprint density at radius 2 is 2.09 bits per heavy atom. The standard InChI is InChI=1S/C15H15F2N3O3/c1-8-5-10(20-19-8)7-13(21)18-14(15(22)23-2)11-4-3-9(16)6-12(11)17/h3-6,14H,7H2,1-2H3,(H,18,21)(H,19,20). The van der Waals surface area contributed by atoms with Crippen molar-refractivity contribution in [3.05, 3.63) is 52.9 Å². The number of carbonyl (C=O) groups excluding carboxylic acids is 2. The highest BCUT2D eigenvalue weighted by Gasteiger charge is 2.27. The normalized spacial score (nSPS) is 11.8. The van der Waals surface area contributed by atoms with E-state index in [9.17, 15) is 18.4 Å². The monoisotopic (exact) mass is 323 g/mol. The van der Waals surface area contributed by atoms with Gasteiger partial charge in [-0.2, -0.15) is 5.10 Å². The third kappa shape index (κ3) is 4.12. The van der Waals surface area contributed by atoms with Crippen molar-refractivity contribution in [2.75, 3.05) is 7.11 Å². The molecule has 1 atom stereocenters. The zero-order valence-electron chi connectivity index (χ0n) is 12.5. The van der Waals surface area contributed by atoms with E-state index in [1.165, 1.54) is 0 Å². The highest BCUT2D eigenvalue weighted by Crippen LogP contribution is 2.19. The molecule has 0 fully saturated rings. The predicted molar refractivity (Wildman–Crippen MR) is 76.3 cm³/mol. The molecule has 8 heteroatoms. The number of carbonyl (C=O) groups is 2. The number of rotatable bonds is 5. The fourth-order valence-corrected chi connectivity index (χ4v) is 2.06. The number of H-pyrrole nitrogens is 1. The summed E-state index contributed by atoms with van der Waals surface area (Å²) in [4.78, 5) is 23.9. The number of nitrogens with one attached hydrogen (secondary N) is 2. The second-order valence-electron chi connectivity index (χ2n) is 4.91. The number of aromatic nitrogens is 2. The van der Waals surface area contributed by atoms with Gasteiger partial charge in [-0.1, -0.05) is 6.07 Å². The molecule has 0 saturated heterocycles. The molecule has 2 aromatic rings. The first kappa shape index (κ1) is 16.6. The van der Waals surface area contributed by atoms with Gasteiger partial charge in [-0.25, -0.2) is 13.6 Å². The molecule has 0 spiro atoms. The summed E-state index contributed by atoms with van der Waals surface area (Å²) < 4.78 is 31.4. The Kier molecular flexibility index (Phi) is 5.05. The summed E-state index contributed by atoms with van der Waals surface area (Å²) in [6.07, 6.45) is -0.0966. The Labute approximate surface area is 130 Å². The lowest BCUT2D eigenvalue weighted by Gasteiger charge is -2.17. The van der Waals surface area contributed by atoms with Gasteiger partial charge in [0.25, 0.3) is 0 Å². The average Bonchev–Trinajstić information content (AvgIpc) is 2.89. The minimum absolute atomic E-state index is 0.0966. The average molecular weight is 323 g/mol. The fraction of sp³-hybridized carbons (Fsp3) is 0.267. The summed E-state index contributed by atoms with van der Waals surface area (Å²) in [6.45, 7) is 1.78. The smallest absolute Gasteiger partial charge is 0.333 e. The number of benzene rings is 1. The van der Waals surface area contributed by atoms with Crippen LogP contribution in [-0.4, -0.2) is 29.2 Å². The molecule has 122 valence electrons. The van der Waals surface area contributed by atoms with Crippen LogP contribution in [0.3, 0.4) is 0 Å². The number of hydrogen-bond donors (Lipinski definition) is 2. The maximum absolute atomic E-state index is 13.9. The van der Waals surface area contributed by atoms with Crippen LogP contribution in [0.1, 0.15) is 23.0 Å². The number of aryl methyl sites for hydroxylation is 1. The van der Waals surface area contributed by atoms with Gasteiger partial charge in [0.2, 0.25) is 5.91 Å². The number of aromatic amines is 1. The summed E-state index contributed by atoms with van der Waals surface area (Å²) in [7, 11) is 1.11. The lowest BCUT2D eigenvalue weighted by atomic mass is 10.1. The molecule has 0 radical (unpaired) electrons. The third-order valence-electron chi connectivity index (χ3n) is 3.12. The zero-order chi connectivity index (χ0) is 17.0. The molecule has 23 heavy (non-hydrogen) atoms. The molecule has 1 heterocycles. The Morgan fingerprint density at radius 3 is 2.65 bits per heavy atom. The van der Waals surface area contributed by atoms with Crippen molar-refractivity contribution in [2.24, 2.45) is 0 Å². The van der Waals surface area contributed by atoms with Gasteiger partial charge in [0.05, 0.1) is 19.2 Å². The molecule has 2 rings (SSSR count). The molecular formula is C15H15F2N3O3. The first-order valence-electron chi connectivity index (χ1n) is 6.73. The van der Waals surface area contributed by atoms with Crippen LogP contribution in [0.2, 0.25) is 0 Å².